The number of carbonyl (C=O) groups excluding carboxylic acids is 1. The van der Waals surface area contributed by atoms with Crippen LogP contribution in [-0.2, 0) is 9.59 Å². The Hall–Kier alpha value is -1.36. The molecule has 3 N–H and O–H groups in total. The molecule has 0 aromatic rings. The van der Waals surface area contributed by atoms with Crippen LogP contribution in [0.15, 0.2) is 12.7 Å². The summed E-state index contributed by atoms with van der Waals surface area (Å²) in [5.41, 5.74) is -0.533. The normalized spacial score (nSPS) is 19.2. The monoisotopic (exact) mass is 255 g/mol. The summed E-state index contributed by atoms with van der Waals surface area (Å²) in [6.07, 6.45) is 5.19. The molecule has 0 bridgehead atoms. The molecule has 5 heteroatoms. The molecule has 1 fully saturated rings. The lowest BCUT2D eigenvalue weighted by Gasteiger charge is -2.28. The van der Waals surface area contributed by atoms with Gasteiger partial charge in [-0.05, 0) is 19.3 Å². The van der Waals surface area contributed by atoms with Crippen LogP contribution in [0.25, 0.3) is 0 Å². The minimum Gasteiger partial charge on any atom is -0.481 e. The van der Waals surface area contributed by atoms with Crippen LogP contribution in [-0.4, -0.2) is 34.2 Å². The Balaban J connectivity index is 2.53. The number of carbonyl (C=O) groups is 2. The lowest BCUT2D eigenvalue weighted by Crippen LogP contribution is -2.49. The first kappa shape index (κ1) is 14.7. The number of carboxylic acids is 1. The minimum atomic E-state index is -0.991. The molecule has 0 aromatic heterocycles. The van der Waals surface area contributed by atoms with Crippen molar-refractivity contribution in [3.63, 3.8) is 0 Å². The number of nitrogens with one attached hydrogen (secondary N) is 1. The standard InChI is InChI=1S/C13H21NO4/c1-2-5-10(12(17)18)8-11(16)14-13(9-15)6-3-4-7-13/h2,10,15H,1,3-9H2,(H,14,16)(H,17,18). The van der Waals surface area contributed by atoms with Crippen molar-refractivity contribution in [1.29, 1.82) is 0 Å². The SMILES string of the molecule is C=CCC(CC(=O)NC1(CO)CCCC1)C(=O)O. The van der Waals surface area contributed by atoms with Crippen LogP contribution in [0, 0.1) is 5.92 Å². The molecule has 0 spiro atoms. The van der Waals surface area contributed by atoms with Crippen molar-refractivity contribution >= 4 is 11.9 Å². The summed E-state index contributed by atoms with van der Waals surface area (Å²) >= 11 is 0. The quantitative estimate of drug-likeness (QED) is 0.594. The molecule has 1 atom stereocenters. The number of carboxylic acid groups (broad SMARTS) is 1. The molecule has 5 nitrogen and oxygen atoms in total. The summed E-state index contributed by atoms with van der Waals surface area (Å²) < 4.78 is 0. The Morgan fingerprint density at radius 2 is 2.00 bits per heavy atom. The summed E-state index contributed by atoms with van der Waals surface area (Å²) in [6.45, 7) is 3.40. The van der Waals surface area contributed by atoms with Crippen molar-refractivity contribution in [2.45, 2.75) is 44.1 Å². The summed E-state index contributed by atoms with van der Waals surface area (Å²) in [5.74, 6) is -2.03. The second-order valence-electron chi connectivity index (χ2n) is 4.96. The Labute approximate surface area is 107 Å². The van der Waals surface area contributed by atoms with E-state index >= 15 is 0 Å². The van der Waals surface area contributed by atoms with Gasteiger partial charge in [0.2, 0.25) is 5.91 Å². The first-order chi connectivity index (χ1) is 8.53. The summed E-state index contributed by atoms with van der Waals surface area (Å²) in [4.78, 5) is 22.8. The fourth-order valence-electron chi connectivity index (χ4n) is 2.42. The molecule has 102 valence electrons. The number of rotatable bonds is 7. The van der Waals surface area contributed by atoms with Crippen LogP contribution in [0.1, 0.15) is 38.5 Å². The number of amides is 1. The molecule has 1 rings (SSSR count). The van der Waals surface area contributed by atoms with E-state index in [9.17, 15) is 14.7 Å². The highest BCUT2D eigenvalue weighted by Gasteiger charge is 2.35. The van der Waals surface area contributed by atoms with Crippen LogP contribution in [0.2, 0.25) is 0 Å². The van der Waals surface area contributed by atoms with Gasteiger partial charge in [0, 0.05) is 6.42 Å². The Morgan fingerprint density at radius 3 is 2.44 bits per heavy atom. The fourth-order valence-corrected chi connectivity index (χ4v) is 2.42. The van der Waals surface area contributed by atoms with Gasteiger partial charge in [0.15, 0.2) is 0 Å². The third-order valence-electron chi connectivity index (χ3n) is 3.50. The second-order valence-corrected chi connectivity index (χ2v) is 4.96. The average molecular weight is 255 g/mol. The summed E-state index contributed by atoms with van der Waals surface area (Å²) in [7, 11) is 0. The number of allylic oxidation sites excluding steroid dienone is 1. The van der Waals surface area contributed by atoms with Crippen LogP contribution in [0.3, 0.4) is 0 Å². The van der Waals surface area contributed by atoms with E-state index in [0.29, 0.717) is 0 Å². The van der Waals surface area contributed by atoms with Crippen LogP contribution in [0.4, 0.5) is 0 Å². The number of aliphatic hydroxyl groups is 1. The van der Waals surface area contributed by atoms with Gasteiger partial charge in [0.1, 0.15) is 0 Å². The van der Waals surface area contributed by atoms with Crippen LogP contribution < -0.4 is 5.32 Å². The third kappa shape index (κ3) is 3.84. The van der Waals surface area contributed by atoms with Gasteiger partial charge in [-0.3, -0.25) is 9.59 Å². The molecule has 18 heavy (non-hydrogen) atoms. The molecular weight excluding hydrogens is 234 g/mol. The highest BCUT2D eigenvalue weighted by Crippen LogP contribution is 2.29. The summed E-state index contributed by atoms with van der Waals surface area (Å²) in [6, 6.07) is 0. The Morgan fingerprint density at radius 1 is 1.39 bits per heavy atom. The average Bonchev–Trinajstić information content (AvgIpc) is 2.77. The van der Waals surface area contributed by atoms with Crippen molar-refractivity contribution in [1.82, 2.24) is 5.32 Å². The number of aliphatic carboxylic acids is 1. The zero-order valence-corrected chi connectivity index (χ0v) is 10.5. The lowest BCUT2D eigenvalue weighted by molar-refractivity contribution is -0.144. The van der Waals surface area contributed by atoms with Crippen molar-refractivity contribution in [2.75, 3.05) is 6.61 Å². The maximum Gasteiger partial charge on any atom is 0.307 e. The van der Waals surface area contributed by atoms with E-state index < -0.39 is 17.4 Å². The van der Waals surface area contributed by atoms with Gasteiger partial charge in [-0.2, -0.15) is 0 Å². The smallest absolute Gasteiger partial charge is 0.307 e. The van der Waals surface area contributed by atoms with Gasteiger partial charge >= 0.3 is 5.97 Å². The van der Waals surface area contributed by atoms with Crippen molar-refractivity contribution in [2.24, 2.45) is 5.92 Å². The van der Waals surface area contributed by atoms with Gasteiger partial charge in [0.25, 0.3) is 0 Å². The van der Waals surface area contributed by atoms with Crippen molar-refractivity contribution in [3.8, 4) is 0 Å². The number of hydrogen-bond acceptors (Lipinski definition) is 3. The van der Waals surface area contributed by atoms with Gasteiger partial charge in [-0.1, -0.05) is 18.9 Å². The molecule has 0 radical (unpaired) electrons. The predicted octanol–water partition coefficient (Wildman–Crippen LogP) is 1.07. The highest BCUT2D eigenvalue weighted by atomic mass is 16.4. The zero-order chi connectivity index (χ0) is 13.6. The molecule has 0 aliphatic heterocycles. The first-order valence-corrected chi connectivity index (χ1v) is 6.28. The van der Waals surface area contributed by atoms with Crippen molar-refractivity contribution in [3.05, 3.63) is 12.7 Å². The lowest BCUT2D eigenvalue weighted by atomic mass is 9.96. The second kappa shape index (κ2) is 6.54. The van der Waals surface area contributed by atoms with E-state index in [2.05, 4.69) is 11.9 Å². The molecule has 1 aliphatic rings. The Bertz CT molecular complexity index is 321. The first-order valence-electron chi connectivity index (χ1n) is 6.28. The van der Waals surface area contributed by atoms with Gasteiger partial charge in [0.05, 0.1) is 18.1 Å². The molecular formula is C13H21NO4. The maximum absolute atomic E-state index is 11.8. The van der Waals surface area contributed by atoms with E-state index in [1.54, 1.807) is 0 Å². The van der Waals surface area contributed by atoms with Gasteiger partial charge < -0.3 is 15.5 Å². The largest absolute Gasteiger partial charge is 0.481 e. The third-order valence-corrected chi connectivity index (χ3v) is 3.50. The van der Waals surface area contributed by atoms with E-state index in [0.717, 1.165) is 25.7 Å². The molecule has 1 saturated carbocycles. The molecule has 1 aliphatic carbocycles. The van der Waals surface area contributed by atoms with Gasteiger partial charge in [-0.15, -0.1) is 6.58 Å². The fraction of sp³-hybridized carbons (Fsp3) is 0.692. The Kier molecular flexibility index (Phi) is 5.34. The van der Waals surface area contributed by atoms with E-state index in [4.69, 9.17) is 5.11 Å². The molecule has 0 heterocycles. The molecule has 0 aromatic carbocycles. The topological polar surface area (TPSA) is 86.6 Å². The number of hydrogen-bond donors (Lipinski definition) is 3. The zero-order valence-electron chi connectivity index (χ0n) is 10.5. The number of aliphatic hydroxyl groups excluding tert-OH is 1. The predicted molar refractivity (Wildman–Crippen MR) is 67.0 cm³/mol. The molecule has 1 unspecified atom stereocenters. The van der Waals surface area contributed by atoms with Crippen LogP contribution >= 0.6 is 0 Å². The summed E-state index contributed by atoms with van der Waals surface area (Å²) in [5, 5.41) is 21.1. The minimum absolute atomic E-state index is 0.0664. The molecule has 1 amide bonds. The van der Waals surface area contributed by atoms with Gasteiger partial charge in [-0.25, -0.2) is 0 Å². The van der Waals surface area contributed by atoms with Crippen LogP contribution in [0.5, 0.6) is 0 Å². The van der Waals surface area contributed by atoms with E-state index in [1.165, 1.54) is 6.08 Å². The molecule has 0 saturated heterocycles. The van der Waals surface area contributed by atoms with E-state index in [1.807, 2.05) is 0 Å². The maximum atomic E-state index is 11.8. The van der Waals surface area contributed by atoms with E-state index in [-0.39, 0.29) is 25.4 Å². The highest BCUT2D eigenvalue weighted by molar-refractivity contribution is 5.82. The van der Waals surface area contributed by atoms with Crippen molar-refractivity contribution < 1.29 is 19.8 Å².